The van der Waals surface area contributed by atoms with Gasteiger partial charge in [-0.3, -0.25) is 9.59 Å². The minimum Gasteiger partial charge on any atom is -0.481 e. The molecule has 4 heteroatoms. The van der Waals surface area contributed by atoms with E-state index in [1.807, 2.05) is 18.2 Å². The summed E-state index contributed by atoms with van der Waals surface area (Å²) < 4.78 is 0. The molecule has 0 heterocycles. The van der Waals surface area contributed by atoms with Gasteiger partial charge < -0.3 is 10.4 Å². The molecule has 108 valence electrons. The molecule has 1 aliphatic carbocycles. The number of aliphatic carboxylic acids is 1. The van der Waals surface area contributed by atoms with Gasteiger partial charge in [-0.1, -0.05) is 36.8 Å². The normalized spacial score (nSPS) is 21.6. The van der Waals surface area contributed by atoms with E-state index < -0.39 is 11.9 Å². The maximum atomic E-state index is 12.0. The average Bonchev–Trinajstić information content (AvgIpc) is 2.94. The van der Waals surface area contributed by atoms with Crippen molar-refractivity contribution in [2.24, 2.45) is 11.8 Å². The highest BCUT2D eigenvalue weighted by atomic mass is 16.4. The second-order valence-electron chi connectivity index (χ2n) is 5.36. The molecular weight excluding hydrogens is 254 g/mol. The Morgan fingerprint density at radius 2 is 1.85 bits per heavy atom. The van der Waals surface area contributed by atoms with Crippen LogP contribution < -0.4 is 5.32 Å². The van der Waals surface area contributed by atoms with E-state index in [4.69, 9.17) is 5.11 Å². The number of hydrogen-bond donors (Lipinski definition) is 2. The molecule has 0 aromatic heterocycles. The summed E-state index contributed by atoms with van der Waals surface area (Å²) in [7, 11) is 0. The summed E-state index contributed by atoms with van der Waals surface area (Å²) in [5.41, 5.74) is 1.26. The fourth-order valence-electron chi connectivity index (χ4n) is 2.85. The first-order valence-electron chi connectivity index (χ1n) is 7.23. The number of rotatable bonds is 6. The zero-order valence-electron chi connectivity index (χ0n) is 11.5. The Hall–Kier alpha value is -1.84. The van der Waals surface area contributed by atoms with E-state index in [2.05, 4.69) is 17.4 Å². The largest absolute Gasteiger partial charge is 0.481 e. The van der Waals surface area contributed by atoms with Gasteiger partial charge >= 0.3 is 5.97 Å². The van der Waals surface area contributed by atoms with Crippen molar-refractivity contribution in [3.63, 3.8) is 0 Å². The Balaban J connectivity index is 1.71. The Morgan fingerprint density at radius 1 is 1.15 bits per heavy atom. The molecular formula is C16H21NO3. The quantitative estimate of drug-likeness (QED) is 0.782. The number of carboxylic acid groups (broad SMARTS) is 1. The van der Waals surface area contributed by atoms with Gasteiger partial charge in [0, 0.05) is 6.54 Å². The summed E-state index contributed by atoms with van der Waals surface area (Å²) in [6, 6.07) is 10.1. The number of benzene rings is 1. The Morgan fingerprint density at radius 3 is 2.55 bits per heavy atom. The summed E-state index contributed by atoms with van der Waals surface area (Å²) in [6.07, 6.45) is 3.95. The van der Waals surface area contributed by atoms with Crippen molar-refractivity contribution >= 4 is 11.9 Å². The van der Waals surface area contributed by atoms with Crippen LogP contribution in [0.3, 0.4) is 0 Å². The van der Waals surface area contributed by atoms with Crippen LogP contribution in [0.5, 0.6) is 0 Å². The van der Waals surface area contributed by atoms with E-state index in [9.17, 15) is 9.59 Å². The second kappa shape index (κ2) is 7.08. The van der Waals surface area contributed by atoms with E-state index >= 15 is 0 Å². The van der Waals surface area contributed by atoms with Gasteiger partial charge in [-0.05, 0) is 31.2 Å². The summed E-state index contributed by atoms with van der Waals surface area (Å²) in [4.78, 5) is 23.0. The number of carbonyl (C=O) groups excluding carboxylic acids is 1. The third-order valence-electron chi connectivity index (χ3n) is 3.95. The molecule has 1 saturated carbocycles. The zero-order chi connectivity index (χ0) is 14.4. The molecule has 1 amide bonds. The molecule has 2 rings (SSSR count). The van der Waals surface area contributed by atoms with E-state index in [1.54, 1.807) is 0 Å². The molecule has 0 bridgehead atoms. The lowest BCUT2D eigenvalue weighted by atomic mass is 9.95. The highest BCUT2D eigenvalue weighted by molar-refractivity contribution is 5.85. The SMILES string of the molecule is O=C(O)C1CCCC1C(=O)NCCCc1ccccc1. The Kier molecular flexibility index (Phi) is 5.16. The van der Waals surface area contributed by atoms with Crippen molar-refractivity contribution in [1.29, 1.82) is 0 Å². The minimum absolute atomic E-state index is 0.0945. The number of hydrogen-bond acceptors (Lipinski definition) is 2. The minimum atomic E-state index is -0.841. The van der Waals surface area contributed by atoms with Crippen LogP contribution in [0, 0.1) is 11.8 Å². The molecule has 1 aromatic carbocycles. The lowest BCUT2D eigenvalue weighted by molar-refractivity contribution is -0.146. The lowest BCUT2D eigenvalue weighted by Gasteiger charge is -2.15. The van der Waals surface area contributed by atoms with Crippen LogP contribution in [0.25, 0.3) is 0 Å². The molecule has 0 saturated heterocycles. The van der Waals surface area contributed by atoms with Crippen molar-refractivity contribution in [3.05, 3.63) is 35.9 Å². The molecule has 0 aliphatic heterocycles. The molecule has 4 nitrogen and oxygen atoms in total. The zero-order valence-corrected chi connectivity index (χ0v) is 11.5. The monoisotopic (exact) mass is 275 g/mol. The fourth-order valence-corrected chi connectivity index (χ4v) is 2.85. The van der Waals surface area contributed by atoms with E-state index in [0.717, 1.165) is 19.3 Å². The van der Waals surface area contributed by atoms with Crippen molar-refractivity contribution in [3.8, 4) is 0 Å². The average molecular weight is 275 g/mol. The second-order valence-corrected chi connectivity index (χ2v) is 5.36. The fraction of sp³-hybridized carbons (Fsp3) is 0.500. The highest BCUT2D eigenvalue weighted by Gasteiger charge is 2.37. The lowest BCUT2D eigenvalue weighted by Crippen LogP contribution is -2.35. The van der Waals surface area contributed by atoms with Crippen molar-refractivity contribution < 1.29 is 14.7 Å². The highest BCUT2D eigenvalue weighted by Crippen LogP contribution is 2.31. The van der Waals surface area contributed by atoms with Gasteiger partial charge in [-0.15, -0.1) is 0 Å². The number of carbonyl (C=O) groups is 2. The number of aryl methyl sites for hydroxylation is 1. The van der Waals surface area contributed by atoms with E-state index in [0.29, 0.717) is 19.4 Å². The van der Waals surface area contributed by atoms with Gasteiger partial charge in [0.2, 0.25) is 5.91 Å². The van der Waals surface area contributed by atoms with Gasteiger partial charge in [-0.2, -0.15) is 0 Å². The molecule has 0 radical (unpaired) electrons. The van der Waals surface area contributed by atoms with Gasteiger partial charge in [0.1, 0.15) is 0 Å². The maximum Gasteiger partial charge on any atom is 0.307 e. The molecule has 2 N–H and O–H groups in total. The molecule has 20 heavy (non-hydrogen) atoms. The van der Waals surface area contributed by atoms with Gasteiger partial charge in [0.25, 0.3) is 0 Å². The molecule has 1 aromatic rings. The number of nitrogens with one attached hydrogen (secondary N) is 1. The van der Waals surface area contributed by atoms with Crippen LogP contribution in [0.2, 0.25) is 0 Å². The van der Waals surface area contributed by atoms with Gasteiger partial charge in [0.15, 0.2) is 0 Å². The smallest absolute Gasteiger partial charge is 0.307 e. The summed E-state index contributed by atoms with van der Waals surface area (Å²) >= 11 is 0. The Bertz CT molecular complexity index is 458. The third-order valence-corrected chi connectivity index (χ3v) is 3.95. The van der Waals surface area contributed by atoms with Crippen LogP contribution in [-0.2, 0) is 16.0 Å². The molecule has 0 spiro atoms. The van der Waals surface area contributed by atoms with Crippen LogP contribution in [0.1, 0.15) is 31.2 Å². The maximum absolute atomic E-state index is 12.0. The number of carboxylic acids is 1. The first-order chi connectivity index (χ1) is 9.68. The van der Waals surface area contributed by atoms with Crippen molar-refractivity contribution in [1.82, 2.24) is 5.32 Å². The molecule has 1 fully saturated rings. The van der Waals surface area contributed by atoms with Crippen LogP contribution in [0.15, 0.2) is 30.3 Å². The van der Waals surface area contributed by atoms with Crippen LogP contribution >= 0.6 is 0 Å². The van der Waals surface area contributed by atoms with Crippen molar-refractivity contribution in [2.45, 2.75) is 32.1 Å². The van der Waals surface area contributed by atoms with E-state index in [-0.39, 0.29) is 11.8 Å². The summed E-state index contributed by atoms with van der Waals surface area (Å²) in [5, 5.41) is 12.0. The van der Waals surface area contributed by atoms with Crippen LogP contribution in [0.4, 0.5) is 0 Å². The number of amides is 1. The summed E-state index contributed by atoms with van der Waals surface area (Å²) in [6.45, 7) is 0.608. The molecule has 1 aliphatic rings. The van der Waals surface area contributed by atoms with Crippen molar-refractivity contribution in [2.75, 3.05) is 6.54 Å². The van der Waals surface area contributed by atoms with E-state index in [1.165, 1.54) is 5.56 Å². The van der Waals surface area contributed by atoms with Gasteiger partial charge in [-0.25, -0.2) is 0 Å². The predicted molar refractivity (Wildman–Crippen MR) is 76.2 cm³/mol. The predicted octanol–water partition coefficient (Wildman–Crippen LogP) is 2.24. The van der Waals surface area contributed by atoms with Crippen LogP contribution in [-0.4, -0.2) is 23.5 Å². The first-order valence-corrected chi connectivity index (χ1v) is 7.23. The molecule has 2 unspecified atom stereocenters. The standard InChI is InChI=1S/C16H21NO3/c18-15(13-9-4-10-14(13)16(19)20)17-11-5-8-12-6-2-1-3-7-12/h1-3,6-7,13-14H,4-5,8-11H2,(H,17,18)(H,19,20). The third kappa shape index (κ3) is 3.83. The molecule has 2 atom stereocenters. The Labute approximate surface area is 119 Å². The first kappa shape index (κ1) is 14.6. The topological polar surface area (TPSA) is 66.4 Å². The summed E-state index contributed by atoms with van der Waals surface area (Å²) in [5.74, 6) is -1.77. The van der Waals surface area contributed by atoms with Gasteiger partial charge in [0.05, 0.1) is 11.8 Å².